The van der Waals surface area contributed by atoms with Crippen LogP contribution in [0.2, 0.25) is 0 Å². The van der Waals surface area contributed by atoms with E-state index in [9.17, 15) is 0 Å². The molecule has 0 aromatic heterocycles. The molecule has 0 saturated carbocycles. The van der Waals surface area contributed by atoms with Crippen LogP contribution in [0.4, 0.5) is 0 Å². The van der Waals surface area contributed by atoms with Crippen LogP contribution in [0.1, 0.15) is 32.3 Å². The lowest BCUT2D eigenvalue weighted by Gasteiger charge is -2.00. The normalized spacial score (nSPS) is 9.62. The van der Waals surface area contributed by atoms with E-state index in [1.165, 1.54) is 12.8 Å². The number of rotatable bonds is 4. The van der Waals surface area contributed by atoms with Crippen molar-refractivity contribution >= 4 is 25.5 Å². The Morgan fingerprint density at radius 2 is 1.46 bits per heavy atom. The first-order valence-electron chi connectivity index (χ1n) is 7.67. The van der Waals surface area contributed by atoms with Gasteiger partial charge in [0, 0.05) is 7.05 Å². The molecule has 0 unspecified atom stereocenters. The Balaban J connectivity index is 0.000000401. The predicted molar refractivity (Wildman–Crippen MR) is 106 cm³/mol. The van der Waals surface area contributed by atoms with Crippen molar-refractivity contribution in [3.05, 3.63) is 60.2 Å². The summed E-state index contributed by atoms with van der Waals surface area (Å²) < 4.78 is 1.63. The Morgan fingerprint density at radius 3 is 1.83 bits per heavy atom. The minimum absolute atomic E-state index is 0.256. The molecular formula is C18H25N2O2PS. The molecule has 0 saturated heterocycles. The van der Waals surface area contributed by atoms with Crippen LogP contribution >= 0.6 is 7.51 Å². The number of aromatic hydroxyl groups is 2. The number of benzene rings is 2. The molecule has 0 radical (unpaired) electrons. The highest BCUT2D eigenvalue weighted by atomic mass is 32.4. The summed E-state index contributed by atoms with van der Waals surface area (Å²) >= 11 is 4.76. The van der Waals surface area contributed by atoms with E-state index < -0.39 is 0 Å². The molecule has 2 aromatic rings. The van der Waals surface area contributed by atoms with Gasteiger partial charge in [-0.2, -0.15) is 5.10 Å². The molecule has 0 fully saturated rings. The van der Waals surface area contributed by atoms with Gasteiger partial charge in [0.05, 0.1) is 6.21 Å². The Kier molecular flexibility index (Phi) is 13.4. The molecule has 2 rings (SSSR count). The summed E-state index contributed by atoms with van der Waals surface area (Å²) in [6.45, 7) is 4.36. The zero-order valence-electron chi connectivity index (χ0n) is 14.3. The fourth-order valence-corrected chi connectivity index (χ4v) is 1.38. The summed E-state index contributed by atoms with van der Waals surface area (Å²) in [5.74, 6) is 0.578. The van der Waals surface area contributed by atoms with Crippen molar-refractivity contribution < 1.29 is 10.2 Å². The first kappa shape index (κ1) is 22.0. The fourth-order valence-electron chi connectivity index (χ4n) is 1.16. The molecule has 0 bridgehead atoms. The van der Waals surface area contributed by atoms with Crippen LogP contribution in [0.25, 0.3) is 0 Å². The number of phenolic OH excluding ortho intramolecular Hbond substituents is 2. The largest absolute Gasteiger partial charge is 0.508 e. The predicted octanol–water partition coefficient (Wildman–Crippen LogP) is 5.18. The van der Waals surface area contributed by atoms with Crippen LogP contribution in [0.15, 0.2) is 59.7 Å². The van der Waals surface area contributed by atoms with Crippen molar-refractivity contribution in [2.24, 2.45) is 5.10 Å². The maximum absolute atomic E-state index is 9.01. The molecule has 4 nitrogen and oxygen atoms in total. The number of unbranched alkanes of at least 4 members (excludes halogenated alkanes) is 1. The standard InChI is InChI=1S/C8H9N2OPS.C6H6O.C4H10/c1-10(12-13)9-6-7-2-4-8(11)5-3-7;7-6-4-2-1-3-5-6;1-3-4-2/h2-6,11H,1H3;1-5,7H;3-4H2,1-2H3/b9-6+;;. The third-order valence-electron chi connectivity index (χ3n) is 2.64. The molecular weight excluding hydrogens is 339 g/mol. The lowest BCUT2D eigenvalue weighted by Crippen LogP contribution is -1.94. The number of hydrazone groups is 1. The van der Waals surface area contributed by atoms with Crippen LogP contribution in [-0.2, 0) is 11.8 Å². The van der Waals surface area contributed by atoms with Crippen molar-refractivity contribution in [2.45, 2.75) is 26.7 Å². The van der Waals surface area contributed by atoms with E-state index in [0.717, 1.165) is 5.56 Å². The third kappa shape index (κ3) is 12.6. The Morgan fingerprint density at radius 1 is 0.958 bits per heavy atom. The van der Waals surface area contributed by atoms with Gasteiger partial charge in [0.2, 0.25) is 0 Å². The van der Waals surface area contributed by atoms with Gasteiger partial charge in [-0.3, -0.25) is 0 Å². The summed E-state index contributed by atoms with van der Waals surface area (Å²) in [5.41, 5.74) is 0.934. The van der Waals surface area contributed by atoms with Gasteiger partial charge < -0.3 is 10.2 Å². The summed E-state index contributed by atoms with van der Waals surface area (Å²) in [5, 5.41) is 21.7. The number of hydrogen-bond donors (Lipinski definition) is 2. The van der Waals surface area contributed by atoms with Crippen LogP contribution < -0.4 is 0 Å². The summed E-state index contributed by atoms with van der Waals surface area (Å²) in [4.78, 5) is 0. The first-order valence-corrected chi connectivity index (χ1v) is 9.53. The smallest absolute Gasteiger partial charge is 0.115 e. The number of nitrogens with zero attached hydrogens (tertiary/aromatic N) is 2. The molecule has 0 atom stereocenters. The zero-order valence-corrected chi connectivity index (χ0v) is 16.0. The number of phenols is 2. The van der Waals surface area contributed by atoms with Gasteiger partial charge >= 0.3 is 0 Å². The van der Waals surface area contributed by atoms with Gasteiger partial charge in [0.25, 0.3) is 0 Å². The lowest BCUT2D eigenvalue weighted by atomic mass is 10.2. The lowest BCUT2D eigenvalue weighted by molar-refractivity contribution is 0.475. The quantitative estimate of drug-likeness (QED) is 0.446. The van der Waals surface area contributed by atoms with Crippen molar-refractivity contribution in [3.63, 3.8) is 0 Å². The van der Waals surface area contributed by atoms with Crippen LogP contribution in [-0.4, -0.2) is 28.3 Å². The maximum atomic E-state index is 9.01. The highest BCUT2D eigenvalue weighted by molar-refractivity contribution is 7.95. The zero-order chi connectivity index (χ0) is 18.2. The van der Waals surface area contributed by atoms with Gasteiger partial charge in [-0.25, -0.2) is 4.78 Å². The molecule has 130 valence electrons. The van der Waals surface area contributed by atoms with Gasteiger partial charge in [0.15, 0.2) is 0 Å². The molecule has 24 heavy (non-hydrogen) atoms. The molecule has 0 heterocycles. The summed E-state index contributed by atoms with van der Waals surface area (Å²) in [6.07, 6.45) is 4.33. The first-order chi connectivity index (χ1) is 11.5. The van der Waals surface area contributed by atoms with E-state index in [-0.39, 0.29) is 5.75 Å². The molecule has 6 heteroatoms. The molecule has 2 N–H and O–H groups in total. The highest BCUT2D eigenvalue weighted by Gasteiger charge is 1.89. The van der Waals surface area contributed by atoms with Crippen molar-refractivity contribution in [2.75, 3.05) is 7.05 Å². The Bertz CT molecular complexity index is 575. The SMILES string of the molecule is CCCC.CN(/N=C/c1ccc(O)cc1)P=S.Oc1ccccc1. The molecule has 0 aliphatic carbocycles. The number of hydrogen-bond acceptors (Lipinski definition) is 4. The average Bonchev–Trinajstić information content (AvgIpc) is 2.62. The third-order valence-corrected chi connectivity index (χ3v) is 3.69. The maximum Gasteiger partial charge on any atom is 0.115 e. The van der Waals surface area contributed by atoms with E-state index >= 15 is 0 Å². The van der Waals surface area contributed by atoms with E-state index in [4.69, 9.17) is 22.0 Å². The van der Waals surface area contributed by atoms with Crippen molar-refractivity contribution in [3.8, 4) is 11.5 Å². The van der Waals surface area contributed by atoms with E-state index in [1.807, 2.05) is 6.07 Å². The second-order valence-corrected chi connectivity index (χ2v) is 5.97. The molecule has 0 amide bonds. The molecule has 2 aromatic carbocycles. The van der Waals surface area contributed by atoms with Crippen LogP contribution in [0.5, 0.6) is 11.5 Å². The minimum Gasteiger partial charge on any atom is -0.508 e. The fraction of sp³-hybridized carbons (Fsp3) is 0.278. The molecule has 0 aliphatic rings. The van der Waals surface area contributed by atoms with Gasteiger partial charge in [-0.05, 0) is 53.8 Å². The van der Waals surface area contributed by atoms with Crippen molar-refractivity contribution in [1.29, 1.82) is 0 Å². The Labute approximate surface area is 151 Å². The van der Waals surface area contributed by atoms with Crippen LogP contribution in [0.3, 0.4) is 0 Å². The summed E-state index contributed by atoms with van der Waals surface area (Å²) in [7, 11) is 2.48. The topological polar surface area (TPSA) is 56.1 Å². The van der Waals surface area contributed by atoms with Gasteiger partial charge in [-0.1, -0.05) is 44.9 Å². The second kappa shape index (κ2) is 14.6. The minimum atomic E-state index is 0.256. The van der Waals surface area contributed by atoms with Gasteiger partial charge in [-0.15, -0.1) is 0 Å². The second-order valence-electron chi connectivity index (χ2n) is 4.74. The highest BCUT2D eigenvalue weighted by Crippen LogP contribution is 2.08. The van der Waals surface area contributed by atoms with E-state index in [1.54, 1.807) is 66.6 Å². The number of para-hydroxylation sites is 1. The Hall–Kier alpha value is -1.97. The van der Waals surface area contributed by atoms with E-state index in [0.29, 0.717) is 13.3 Å². The monoisotopic (exact) mass is 364 g/mol. The molecule has 0 aliphatic heterocycles. The van der Waals surface area contributed by atoms with Crippen molar-refractivity contribution in [1.82, 2.24) is 4.78 Å². The van der Waals surface area contributed by atoms with Gasteiger partial charge in [0.1, 0.15) is 19.0 Å². The summed E-state index contributed by atoms with van der Waals surface area (Å²) in [6, 6.07) is 15.5. The molecule has 0 spiro atoms. The van der Waals surface area contributed by atoms with E-state index in [2.05, 4.69) is 18.9 Å². The van der Waals surface area contributed by atoms with Crippen LogP contribution in [0, 0.1) is 0 Å². The average molecular weight is 364 g/mol.